The summed E-state index contributed by atoms with van der Waals surface area (Å²) >= 11 is 0. The van der Waals surface area contributed by atoms with Gasteiger partial charge in [-0.05, 0) is 12.1 Å². The smallest absolute Gasteiger partial charge is 0.358 e. The minimum atomic E-state index is 0. The van der Waals surface area contributed by atoms with Crippen LogP contribution < -0.4 is 0 Å². The maximum atomic E-state index is 8.44. The Kier molecular flexibility index (Phi) is 8.22. The molecule has 0 aliphatic heterocycles. The first-order valence-electron chi connectivity index (χ1n) is 3.15. The number of rotatable bonds is 1. The van der Waals surface area contributed by atoms with Crippen LogP contribution in [0.1, 0.15) is 11.1 Å². The van der Waals surface area contributed by atoms with Gasteiger partial charge in [-0.1, -0.05) is 17.7 Å². The van der Waals surface area contributed by atoms with E-state index in [-0.39, 0.29) is 28.5 Å². The van der Waals surface area contributed by atoms with Gasteiger partial charge in [-0.3, -0.25) is 0 Å². The topological polar surface area (TPSA) is 23.8 Å². The Hall–Kier alpha value is -0.602. The quantitative estimate of drug-likeness (QED) is 0.726. The monoisotopic (exact) mass is 329 g/mol. The summed E-state index contributed by atoms with van der Waals surface area (Å²) in [7, 11) is 0. The third-order valence-electron chi connectivity index (χ3n) is 1.37. The molecule has 0 fully saturated rings. The normalized spacial score (nSPS) is 7.33. The molecule has 0 aromatic heterocycles. The van der Waals surface area contributed by atoms with Crippen LogP contribution in [0.25, 0.3) is 0 Å². The van der Waals surface area contributed by atoms with E-state index in [0.29, 0.717) is 5.56 Å². The van der Waals surface area contributed by atoms with Crippen molar-refractivity contribution < 1.29 is 21.1 Å². The van der Waals surface area contributed by atoms with Gasteiger partial charge in [-0.15, -0.1) is 0 Å². The zero-order valence-corrected chi connectivity index (χ0v) is 10.0. The average molecular weight is 329 g/mol. The van der Waals surface area contributed by atoms with Gasteiger partial charge in [0.05, 0.1) is 11.6 Å². The fourth-order valence-corrected chi connectivity index (χ4v) is 0.746. The van der Waals surface area contributed by atoms with Crippen LogP contribution in [0, 0.1) is 25.7 Å². The van der Waals surface area contributed by atoms with Crippen LogP contribution in [-0.4, -0.2) is 0 Å². The average Bonchev–Trinajstić information content (AvgIpc) is 2.05. The second-order valence-electron chi connectivity index (χ2n) is 2.06. The molecule has 0 saturated carbocycles. The van der Waals surface area contributed by atoms with Gasteiger partial charge in [0.2, 0.25) is 0 Å². The minimum Gasteiger partial charge on any atom is -0.358 e. The summed E-state index contributed by atoms with van der Waals surface area (Å²) in [4.78, 5) is 0. The Labute approximate surface area is 88.7 Å². The van der Waals surface area contributed by atoms with Gasteiger partial charge < -0.3 is 14.4 Å². The molecule has 0 heterocycles. The summed E-state index contributed by atoms with van der Waals surface area (Å²) in [6.45, 7) is 3.73. The summed E-state index contributed by atoms with van der Waals surface area (Å²) < 4.78 is 0. The van der Waals surface area contributed by atoms with Gasteiger partial charge in [-0.2, -0.15) is 11.7 Å². The zero-order chi connectivity index (χ0) is 7.40. The van der Waals surface area contributed by atoms with E-state index in [2.05, 4.69) is 13.0 Å². The van der Waals surface area contributed by atoms with E-state index in [4.69, 9.17) is 5.26 Å². The molecule has 1 rings (SSSR count). The van der Waals surface area contributed by atoms with Gasteiger partial charge in [0.1, 0.15) is 0 Å². The number of benzene rings is 1. The van der Waals surface area contributed by atoms with Crippen molar-refractivity contribution in [1.29, 1.82) is 5.26 Å². The molecule has 0 unspecified atom stereocenters. The van der Waals surface area contributed by atoms with Gasteiger partial charge >= 0.3 is 21.1 Å². The second kappa shape index (κ2) is 7.07. The Morgan fingerprint density at radius 3 is 2.08 bits per heavy atom. The van der Waals surface area contributed by atoms with E-state index in [1.807, 2.05) is 12.1 Å². The molecule has 0 bridgehead atoms. The number of hydrogen-bond acceptors (Lipinski definition) is 1. The van der Waals surface area contributed by atoms with E-state index in [0.717, 1.165) is 6.42 Å². The molecule has 1 nitrogen and oxygen atoms in total. The van der Waals surface area contributed by atoms with Crippen molar-refractivity contribution in [1.82, 2.24) is 0 Å². The summed E-state index contributed by atoms with van der Waals surface area (Å²) in [6.07, 6.45) is 0.783. The van der Waals surface area contributed by atoms with Crippen molar-refractivity contribution in [2.45, 2.75) is 6.42 Å². The van der Waals surface area contributed by atoms with E-state index in [1.54, 1.807) is 12.1 Å². The van der Waals surface area contributed by atoms with Crippen molar-refractivity contribution in [3.05, 3.63) is 49.7 Å². The number of hydrogen-bond donors (Lipinski definition) is 0. The first-order valence-corrected chi connectivity index (χ1v) is 3.15. The number of nitriles is 1. The van der Waals surface area contributed by atoms with Crippen LogP contribution >= 0.6 is 0 Å². The molecule has 0 atom stereocenters. The molecule has 1 aromatic carbocycles. The molecular formula is C10H11NW. The van der Waals surface area contributed by atoms with Crippen molar-refractivity contribution >= 4 is 0 Å². The Morgan fingerprint density at radius 2 is 1.75 bits per heavy atom. The summed E-state index contributed by atoms with van der Waals surface area (Å²) in [5, 5.41) is 8.44. The van der Waals surface area contributed by atoms with E-state index in [1.165, 1.54) is 5.56 Å². The molecule has 0 radical (unpaired) electrons. The predicted octanol–water partition coefficient (Wildman–Crippen LogP) is 2.38. The third kappa shape index (κ3) is 3.69. The van der Waals surface area contributed by atoms with E-state index in [9.17, 15) is 0 Å². The van der Waals surface area contributed by atoms with Crippen molar-refractivity contribution in [2.75, 3.05) is 0 Å². The Bertz CT molecular complexity index is 246. The van der Waals surface area contributed by atoms with Crippen LogP contribution in [0.2, 0.25) is 0 Å². The summed E-state index contributed by atoms with van der Waals surface area (Å²) in [5.41, 5.74) is 1.87. The molecule has 0 aliphatic rings. The third-order valence-corrected chi connectivity index (χ3v) is 1.37. The first-order chi connectivity index (χ1) is 4.86. The van der Waals surface area contributed by atoms with Crippen molar-refractivity contribution in [3.63, 3.8) is 0 Å². The standard InChI is InChI=1S/C9H8N.CH3.W/c1-2-8-3-5-9(7-10)6-4-8;;/h3-6H,1-2H2;1H3;/q2*-1;+2. The maximum absolute atomic E-state index is 8.44. The second-order valence-corrected chi connectivity index (χ2v) is 2.06. The van der Waals surface area contributed by atoms with Gasteiger partial charge in [0, 0.05) is 0 Å². The summed E-state index contributed by atoms with van der Waals surface area (Å²) in [6, 6.07) is 9.51. The molecule has 0 N–H and O–H groups in total. The van der Waals surface area contributed by atoms with Crippen LogP contribution in [0.5, 0.6) is 0 Å². The fraction of sp³-hybridized carbons (Fsp3) is 0.100. The molecule has 2 heteroatoms. The predicted molar refractivity (Wildman–Crippen MR) is 46.6 cm³/mol. The zero-order valence-electron chi connectivity index (χ0n) is 7.08. The van der Waals surface area contributed by atoms with Crippen molar-refractivity contribution in [3.8, 4) is 6.07 Å². The maximum Gasteiger partial charge on any atom is 2.00 e. The van der Waals surface area contributed by atoms with Gasteiger partial charge in [-0.25, -0.2) is 0 Å². The SMILES string of the molecule is [CH2-]Cc1ccc(C#N)cc1.[CH3-].[W+2]. The Balaban J connectivity index is 0. The molecule has 0 amide bonds. The largest absolute Gasteiger partial charge is 2.00 e. The molecule has 12 heavy (non-hydrogen) atoms. The number of nitrogens with zero attached hydrogens (tertiary/aromatic N) is 1. The van der Waals surface area contributed by atoms with Crippen LogP contribution in [0.3, 0.4) is 0 Å². The van der Waals surface area contributed by atoms with Gasteiger partial charge in [0.15, 0.2) is 0 Å². The van der Waals surface area contributed by atoms with E-state index >= 15 is 0 Å². The van der Waals surface area contributed by atoms with Crippen LogP contribution in [-0.2, 0) is 27.5 Å². The first kappa shape index (κ1) is 14.0. The van der Waals surface area contributed by atoms with Crippen LogP contribution in [0.4, 0.5) is 0 Å². The Morgan fingerprint density at radius 1 is 1.25 bits per heavy atom. The van der Waals surface area contributed by atoms with Crippen LogP contribution in [0.15, 0.2) is 24.3 Å². The molecule has 1 aromatic rings. The molecule has 62 valence electrons. The minimum absolute atomic E-state index is 0. The molecule has 0 aliphatic carbocycles. The van der Waals surface area contributed by atoms with E-state index < -0.39 is 0 Å². The fourth-order valence-electron chi connectivity index (χ4n) is 0.746. The molecule has 0 saturated heterocycles. The molecular weight excluding hydrogens is 318 g/mol. The molecule has 0 spiro atoms. The summed E-state index contributed by atoms with van der Waals surface area (Å²) in [5.74, 6) is 0. The van der Waals surface area contributed by atoms with Crippen molar-refractivity contribution in [2.24, 2.45) is 0 Å². The van der Waals surface area contributed by atoms with Gasteiger partial charge in [0.25, 0.3) is 0 Å².